The summed E-state index contributed by atoms with van der Waals surface area (Å²) in [5.41, 5.74) is 2.13. The second kappa shape index (κ2) is 8.49. The van der Waals surface area contributed by atoms with Gasteiger partial charge in [0.1, 0.15) is 18.1 Å². The van der Waals surface area contributed by atoms with Crippen LogP contribution in [0.25, 0.3) is 11.1 Å². The molecule has 4 nitrogen and oxygen atoms in total. The van der Waals surface area contributed by atoms with E-state index < -0.39 is 0 Å². The Morgan fingerprint density at radius 3 is 2.76 bits per heavy atom. The maximum atomic E-state index is 5.79. The first-order chi connectivity index (χ1) is 10.4. The Kier molecular flexibility index (Phi) is 6.31. The van der Waals surface area contributed by atoms with Crippen LogP contribution in [0.4, 0.5) is 0 Å². The summed E-state index contributed by atoms with van der Waals surface area (Å²) in [4.78, 5) is 0. The molecule has 0 amide bonds. The average Bonchev–Trinajstić information content (AvgIpc) is 2.97. The zero-order valence-corrected chi connectivity index (χ0v) is 12.7. The van der Waals surface area contributed by atoms with Gasteiger partial charge in [-0.1, -0.05) is 25.1 Å². The highest BCUT2D eigenvalue weighted by Gasteiger charge is 2.12. The number of benzene rings is 1. The molecule has 1 aromatic carbocycles. The number of hydrogen-bond acceptors (Lipinski definition) is 4. The van der Waals surface area contributed by atoms with Crippen molar-refractivity contribution < 1.29 is 13.9 Å². The van der Waals surface area contributed by atoms with E-state index in [1.165, 1.54) is 0 Å². The van der Waals surface area contributed by atoms with E-state index in [1.807, 2.05) is 24.3 Å². The predicted octanol–water partition coefficient (Wildman–Crippen LogP) is 3.47. The Morgan fingerprint density at radius 2 is 1.95 bits per heavy atom. The van der Waals surface area contributed by atoms with Crippen LogP contribution in [0.3, 0.4) is 0 Å². The number of methoxy groups -OCH3 is 1. The molecule has 2 aromatic rings. The van der Waals surface area contributed by atoms with E-state index >= 15 is 0 Å². The Bertz CT molecular complexity index is 536. The topological polar surface area (TPSA) is 43.6 Å². The molecule has 0 aliphatic rings. The van der Waals surface area contributed by atoms with E-state index in [2.05, 4.69) is 18.3 Å². The highest BCUT2D eigenvalue weighted by molar-refractivity contribution is 5.71. The third kappa shape index (κ3) is 4.34. The molecule has 0 radical (unpaired) electrons. The van der Waals surface area contributed by atoms with Gasteiger partial charge in [0.15, 0.2) is 0 Å². The second-order valence-electron chi connectivity index (χ2n) is 4.77. The van der Waals surface area contributed by atoms with Crippen LogP contribution in [0, 0.1) is 0 Å². The summed E-state index contributed by atoms with van der Waals surface area (Å²) in [5.74, 6) is 1.79. The quantitative estimate of drug-likeness (QED) is 0.718. The van der Waals surface area contributed by atoms with Crippen molar-refractivity contribution in [1.82, 2.24) is 5.32 Å². The predicted molar refractivity (Wildman–Crippen MR) is 83.5 cm³/mol. The minimum absolute atomic E-state index is 0.536. The van der Waals surface area contributed by atoms with Gasteiger partial charge in [-0.05, 0) is 25.1 Å². The monoisotopic (exact) mass is 289 g/mol. The third-order valence-corrected chi connectivity index (χ3v) is 3.18. The van der Waals surface area contributed by atoms with Crippen LogP contribution < -0.4 is 10.1 Å². The molecule has 1 N–H and O–H groups in total. The number of rotatable bonds is 9. The standard InChI is InChI=1S/C17H23NO3/c1-3-9-18-13-17-15(8-10-20-17)14-6-4-5-7-16(14)21-12-11-19-2/h4-8,10,18H,3,9,11-13H2,1-2H3. The summed E-state index contributed by atoms with van der Waals surface area (Å²) in [6, 6.07) is 9.99. The zero-order chi connectivity index (χ0) is 14.9. The van der Waals surface area contributed by atoms with Crippen molar-refractivity contribution in [1.29, 1.82) is 0 Å². The number of ether oxygens (including phenoxy) is 2. The maximum Gasteiger partial charge on any atom is 0.127 e. The van der Waals surface area contributed by atoms with Crippen LogP contribution in [-0.4, -0.2) is 26.9 Å². The van der Waals surface area contributed by atoms with Gasteiger partial charge in [-0.2, -0.15) is 0 Å². The van der Waals surface area contributed by atoms with Crippen LogP contribution >= 0.6 is 0 Å². The van der Waals surface area contributed by atoms with Crippen LogP contribution in [0.5, 0.6) is 5.75 Å². The van der Waals surface area contributed by atoms with Gasteiger partial charge in [-0.25, -0.2) is 0 Å². The molecule has 0 bridgehead atoms. The molecule has 4 heteroatoms. The van der Waals surface area contributed by atoms with Crippen LogP contribution in [0.1, 0.15) is 19.1 Å². The fourth-order valence-electron chi connectivity index (χ4n) is 2.15. The lowest BCUT2D eigenvalue weighted by Crippen LogP contribution is -2.13. The van der Waals surface area contributed by atoms with Crippen molar-refractivity contribution in [2.45, 2.75) is 19.9 Å². The molecular weight excluding hydrogens is 266 g/mol. The fraction of sp³-hybridized carbons (Fsp3) is 0.412. The summed E-state index contributed by atoms with van der Waals surface area (Å²) in [6.45, 7) is 4.96. The molecule has 114 valence electrons. The van der Waals surface area contributed by atoms with E-state index in [-0.39, 0.29) is 0 Å². The Morgan fingerprint density at radius 1 is 1.10 bits per heavy atom. The van der Waals surface area contributed by atoms with E-state index in [9.17, 15) is 0 Å². The van der Waals surface area contributed by atoms with Crippen molar-refractivity contribution >= 4 is 0 Å². The number of nitrogens with one attached hydrogen (secondary N) is 1. The van der Waals surface area contributed by atoms with Crippen LogP contribution in [0.2, 0.25) is 0 Å². The van der Waals surface area contributed by atoms with Gasteiger partial charge >= 0.3 is 0 Å². The van der Waals surface area contributed by atoms with E-state index in [0.29, 0.717) is 13.2 Å². The van der Waals surface area contributed by atoms with Crippen molar-refractivity contribution in [2.24, 2.45) is 0 Å². The summed E-state index contributed by atoms with van der Waals surface area (Å²) in [7, 11) is 1.67. The second-order valence-corrected chi connectivity index (χ2v) is 4.77. The van der Waals surface area contributed by atoms with E-state index in [4.69, 9.17) is 13.9 Å². The molecule has 0 saturated carbocycles. The van der Waals surface area contributed by atoms with Crippen molar-refractivity contribution in [3.8, 4) is 16.9 Å². The summed E-state index contributed by atoms with van der Waals surface area (Å²) < 4.78 is 16.4. The summed E-state index contributed by atoms with van der Waals surface area (Å²) in [6.07, 6.45) is 2.83. The first-order valence-electron chi connectivity index (χ1n) is 7.35. The Balaban J connectivity index is 2.15. The van der Waals surface area contributed by atoms with Gasteiger partial charge in [0.25, 0.3) is 0 Å². The minimum atomic E-state index is 0.536. The summed E-state index contributed by atoms with van der Waals surface area (Å²) >= 11 is 0. The largest absolute Gasteiger partial charge is 0.491 e. The van der Waals surface area contributed by atoms with Crippen LogP contribution in [-0.2, 0) is 11.3 Å². The Hall–Kier alpha value is -1.78. The number of para-hydroxylation sites is 1. The smallest absolute Gasteiger partial charge is 0.127 e. The molecule has 0 atom stereocenters. The first-order valence-corrected chi connectivity index (χ1v) is 7.35. The molecule has 0 aliphatic heterocycles. The molecule has 1 aromatic heterocycles. The molecule has 0 aliphatic carbocycles. The molecule has 1 heterocycles. The lowest BCUT2D eigenvalue weighted by atomic mass is 10.1. The molecule has 0 spiro atoms. The van der Waals surface area contributed by atoms with E-state index in [1.54, 1.807) is 13.4 Å². The highest BCUT2D eigenvalue weighted by Crippen LogP contribution is 2.33. The van der Waals surface area contributed by atoms with Gasteiger partial charge in [0, 0.05) is 18.2 Å². The van der Waals surface area contributed by atoms with Gasteiger partial charge in [-0.15, -0.1) is 0 Å². The number of hydrogen-bond donors (Lipinski definition) is 1. The van der Waals surface area contributed by atoms with Gasteiger partial charge in [-0.3, -0.25) is 0 Å². The highest BCUT2D eigenvalue weighted by atomic mass is 16.5. The molecule has 0 saturated heterocycles. The molecule has 0 fully saturated rings. The third-order valence-electron chi connectivity index (χ3n) is 3.18. The lowest BCUT2D eigenvalue weighted by molar-refractivity contribution is 0.146. The van der Waals surface area contributed by atoms with E-state index in [0.717, 1.165) is 42.1 Å². The van der Waals surface area contributed by atoms with Gasteiger partial charge < -0.3 is 19.2 Å². The lowest BCUT2D eigenvalue weighted by Gasteiger charge is -2.11. The first kappa shape index (κ1) is 15.6. The molecule has 2 rings (SSSR count). The van der Waals surface area contributed by atoms with Crippen molar-refractivity contribution in [2.75, 3.05) is 26.9 Å². The van der Waals surface area contributed by atoms with Crippen molar-refractivity contribution in [3.63, 3.8) is 0 Å². The fourth-order valence-corrected chi connectivity index (χ4v) is 2.15. The molecule has 0 unspecified atom stereocenters. The summed E-state index contributed by atoms with van der Waals surface area (Å²) in [5, 5.41) is 3.36. The average molecular weight is 289 g/mol. The number of furan rings is 1. The van der Waals surface area contributed by atoms with Crippen LogP contribution in [0.15, 0.2) is 41.0 Å². The van der Waals surface area contributed by atoms with Gasteiger partial charge in [0.05, 0.1) is 19.4 Å². The molecule has 21 heavy (non-hydrogen) atoms. The van der Waals surface area contributed by atoms with Gasteiger partial charge in [0.2, 0.25) is 0 Å². The zero-order valence-electron chi connectivity index (χ0n) is 12.7. The maximum absolute atomic E-state index is 5.79. The Labute approximate surface area is 126 Å². The SMILES string of the molecule is CCCNCc1occc1-c1ccccc1OCCOC. The van der Waals surface area contributed by atoms with Crippen molar-refractivity contribution in [3.05, 3.63) is 42.4 Å². The normalized spacial score (nSPS) is 10.8. The minimum Gasteiger partial charge on any atom is -0.491 e. The molecular formula is C17H23NO3.